The molecule has 4 rings (SSSR count). The number of benzene rings is 1. The number of amides is 3. The van der Waals surface area contributed by atoms with E-state index in [4.69, 9.17) is 15.2 Å². The van der Waals surface area contributed by atoms with E-state index in [9.17, 15) is 24.0 Å². The zero-order valence-corrected chi connectivity index (χ0v) is 22.9. The predicted octanol–water partition coefficient (Wildman–Crippen LogP) is 1.62. The highest BCUT2D eigenvalue weighted by molar-refractivity contribution is 6.03. The van der Waals surface area contributed by atoms with Crippen molar-refractivity contribution >= 4 is 29.3 Å². The van der Waals surface area contributed by atoms with E-state index in [1.54, 1.807) is 45.2 Å². The van der Waals surface area contributed by atoms with E-state index >= 15 is 0 Å². The molecule has 39 heavy (non-hydrogen) atoms. The highest BCUT2D eigenvalue weighted by Gasteiger charge is 2.55. The van der Waals surface area contributed by atoms with Gasteiger partial charge in [-0.2, -0.15) is 0 Å². The minimum Gasteiger partial charge on any atom is -0.497 e. The molecule has 4 N–H and O–H groups in total. The molecule has 3 aliphatic rings. The quantitative estimate of drug-likeness (QED) is 0.320. The van der Waals surface area contributed by atoms with Crippen LogP contribution in [0.1, 0.15) is 64.4 Å². The monoisotopic (exact) mass is 541 g/mol. The molecular formula is C29H39N3O7. The molecule has 3 amide bonds. The van der Waals surface area contributed by atoms with Crippen molar-refractivity contribution in [1.82, 2.24) is 10.6 Å². The Kier molecular flexibility index (Phi) is 8.44. The lowest BCUT2D eigenvalue weighted by molar-refractivity contribution is -0.154. The summed E-state index contributed by atoms with van der Waals surface area (Å²) in [6.45, 7) is 3.59. The standard InChI is InChI=1S/C29H39N3O7/c1-17(29(27(30)37)14-20(33)15-29)25(35)32-23(13-19-8-10-21(38-3)11-9-19)26(36)31-22(12-18-6-4-5-7-18)24(34)28(2)16-39-28/h8-11,17-18,22-23H,4-7,12-16H2,1-3H3,(H2,30,37)(H,31,36)(H,32,35)/t17-,22-,23-,28+/m0/s1. The Morgan fingerprint density at radius 2 is 1.64 bits per heavy atom. The average molecular weight is 542 g/mol. The normalized spacial score (nSPS) is 24.1. The molecule has 2 saturated carbocycles. The molecule has 0 aromatic heterocycles. The Hall–Kier alpha value is -3.27. The predicted molar refractivity (Wildman–Crippen MR) is 142 cm³/mol. The maximum absolute atomic E-state index is 13.7. The number of ether oxygens (including phenoxy) is 2. The molecule has 1 aromatic rings. The first-order valence-corrected chi connectivity index (χ1v) is 13.7. The first kappa shape index (κ1) is 28.7. The van der Waals surface area contributed by atoms with Gasteiger partial charge in [-0.1, -0.05) is 44.7 Å². The van der Waals surface area contributed by atoms with Crippen LogP contribution in [0.5, 0.6) is 5.75 Å². The highest BCUT2D eigenvalue weighted by atomic mass is 16.6. The van der Waals surface area contributed by atoms with Crippen LogP contribution in [0.25, 0.3) is 0 Å². The summed E-state index contributed by atoms with van der Waals surface area (Å²) < 4.78 is 10.6. The molecule has 0 unspecified atom stereocenters. The van der Waals surface area contributed by atoms with E-state index in [-0.39, 0.29) is 30.8 Å². The van der Waals surface area contributed by atoms with Crippen molar-refractivity contribution in [2.24, 2.45) is 23.0 Å². The van der Waals surface area contributed by atoms with Crippen LogP contribution in [-0.4, -0.2) is 60.7 Å². The summed E-state index contributed by atoms with van der Waals surface area (Å²) >= 11 is 0. The second-order valence-corrected chi connectivity index (χ2v) is 11.6. The molecule has 1 aromatic carbocycles. The summed E-state index contributed by atoms with van der Waals surface area (Å²) in [6, 6.07) is 5.35. The van der Waals surface area contributed by atoms with Gasteiger partial charge in [0.1, 0.15) is 23.2 Å². The Morgan fingerprint density at radius 3 is 2.15 bits per heavy atom. The first-order valence-electron chi connectivity index (χ1n) is 13.7. The second-order valence-electron chi connectivity index (χ2n) is 11.6. The molecule has 1 saturated heterocycles. The minimum atomic E-state index is -1.26. The highest BCUT2D eigenvalue weighted by Crippen LogP contribution is 2.44. The van der Waals surface area contributed by atoms with E-state index in [2.05, 4.69) is 10.6 Å². The van der Waals surface area contributed by atoms with Crippen LogP contribution >= 0.6 is 0 Å². The second kappa shape index (κ2) is 11.5. The third kappa shape index (κ3) is 6.32. The lowest BCUT2D eigenvalue weighted by atomic mass is 9.60. The van der Waals surface area contributed by atoms with Gasteiger partial charge in [-0.25, -0.2) is 0 Å². The Balaban J connectivity index is 1.54. The topological polar surface area (TPSA) is 157 Å². The van der Waals surface area contributed by atoms with Gasteiger partial charge in [0.15, 0.2) is 5.78 Å². The number of rotatable bonds is 13. The van der Waals surface area contributed by atoms with Gasteiger partial charge in [0.2, 0.25) is 17.7 Å². The maximum atomic E-state index is 13.7. The number of nitrogens with two attached hydrogens (primary N) is 1. The molecule has 1 heterocycles. The van der Waals surface area contributed by atoms with Gasteiger partial charge < -0.3 is 25.8 Å². The fourth-order valence-corrected chi connectivity index (χ4v) is 5.80. The van der Waals surface area contributed by atoms with Crippen molar-refractivity contribution in [3.8, 4) is 5.75 Å². The van der Waals surface area contributed by atoms with E-state index < -0.39 is 46.7 Å². The summed E-state index contributed by atoms with van der Waals surface area (Å²) in [4.78, 5) is 64.3. The Bertz CT molecular complexity index is 1110. The van der Waals surface area contributed by atoms with Crippen molar-refractivity contribution in [3.63, 3.8) is 0 Å². The summed E-state index contributed by atoms with van der Waals surface area (Å²) in [5.41, 5.74) is 4.19. The van der Waals surface area contributed by atoms with Gasteiger partial charge in [-0.15, -0.1) is 0 Å². The molecule has 2 aliphatic carbocycles. The van der Waals surface area contributed by atoms with Crippen LogP contribution < -0.4 is 21.1 Å². The van der Waals surface area contributed by atoms with Crippen molar-refractivity contribution in [2.75, 3.05) is 13.7 Å². The van der Waals surface area contributed by atoms with Crippen LogP contribution in [-0.2, 0) is 35.1 Å². The third-order valence-electron chi connectivity index (χ3n) is 8.75. The van der Waals surface area contributed by atoms with Gasteiger partial charge in [-0.05, 0) is 37.0 Å². The van der Waals surface area contributed by atoms with E-state index in [1.807, 2.05) is 0 Å². The molecule has 1 aliphatic heterocycles. The van der Waals surface area contributed by atoms with Crippen molar-refractivity contribution in [1.29, 1.82) is 0 Å². The minimum absolute atomic E-state index is 0.0944. The molecule has 0 bridgehead atoms. The number of carbonyl (C=O) groups is 5. The zero-order valence-electron chi connectivity index (χ0n) is 22.9. The molecule has 3 fully saturated rings. The molecular weight excluding hydrogens is 502 g/mol. The molecule has 10 heteroatoms. The maximum Gasteiger partial charge on any atom is 0.243 e. The van der Waals surface area contributed by atoms with Crippen molar-refractivity contribution in [2.45, 2.75) is 82.9 Å². The van der Waals surface area contributed by atoms with Gasteiger partial charge in [0.25, 0.3) is 0 Å². The number of primary amides is 1. The molecule has 0 spiro atoms. The smallest absolute Gasteiger partial charge is 0.243 e. The molecule has 4 atom stereocenters. The first-order chi connectivity index (χ1) is 18.5. The van der Waals surface area contributed by atoms with Crippen molar-refractivity contribution < 1.29 is 33.4 Å². The van der Waals surface area contributed by atoms with Gasteiger partial charge in [0, 0.05) is 19.3 Å². The number of methoxy groups -OCH3 is 1. The van der Waals surface area contributed by atoms with Crippen LogP contribution in [0.15, 0.2) is 24.3 Å². The van der Waals surface area contributed by atoms with Crippen molar-refractivity contribution in [3.05, 3.63) is 29.8 Å². The number of ketones is 2. The lowest BCUT2D eigenvalue weighted by Gasteiger charge is -2.41. The summed E-state index contributed by atoms with van der Waals surface area (Å²) in [5, 5.41) is 5.71. The number of nitrogens with one attached hydrogen (secondary N) is 2. The Labute approximate surface area is 228 Å². The van der Waals surface area contributed by atoms with Gasteiger partial charge in [0.05, 0.1) is 31.1 Å². The van der Waals surface area contributed by atoms with Crippen LogP contribution in [0.3, 0.4) is 0 Å². The van der Waals surface area contributed by atoms with E-state index in [0.29, 0.717) is 24.7 Å². The third-order valence-corrected chi connectivity index (χ3v) is 8.75. The molecule has 0 radical (unpaired) electrons. The largest absolute Gasteiger partial charge is 0.497 e. The number of Topliss-reactive ketones (excluding diaryl/α,β-unsaturated/α-hetero) is 2. The SMILES string of the molecule is COc1ccc(C[C@H](NC(=O)[C@H](C)C2(C(N)=O)CC(=O)C2)C(=O)N[C@@H](CC2CCCC2)C(=O)[C@@]2(C)CO2)cc1. The van der Waals surface area contributed by atoms with E-state index in [0.717, 1.165) is 31.2 Å². The van der Waals surface area contributed by atoms with Gasteiger partial charge in [-0.3, -0.25) is 24.0 Å². The zero-order chi connectivity index (χ0) is 28.4. The lowest BCUT2D eigenvalue weighted by Crippen LogP contribution is -2.59. The number of carbonyl (C=O) groups excluding carboxylic acids is 5. The number of hydrogen-bond donors (Lipinski definition) is 3. The van der Waals surface area contributed by atoms with Crippen LogP contribution in [0.4, 0.5) is 0 Å². The summed E-state index contributed by atoms with van der Waals surface area (Å²) in [7, 11) is 1.55. The Morgan fingerprint density at radius 1 is 1.05 bits per heavy atom. The molecule has 10 nitrogen and oxygen atoms in total. The summed E-state index contributed by atoms with van der Waals surface area (Å²) in [6.07, 6.45) is 4.71. The fourth-order valence-electron chi connectivity index (χ4n) is 5.80. The van der Waals surface area contributed by atoms with Crippen LogP contribution in [0.2, 0.25) is 0 Å². The average Bonchev–Trinajstić information content (AvgIpc) is 3.43. The molecule has 212 valence electrons. The number of epoxide rings is 1. The van der Waals surface area contributed by atoms with Crippen LogP contribution in [0, 0.1) is 17.3 Å². The fraction of sp³-hybridized carbons (Fsp3) is 0.621. The van der Waals surface area contributed by atoms with Gasteiger partial charge >= 0.3 is 0 Å². The summed E-state index contributed by atoms with van der Waals surface area (Å²) in [5.74, 6) is -1.97. The van der Waals surface area contributed by atoms with E-state index in [1.165, 1.54) is 0 Å². The number of hydrogen-bond acceptors (Lipinski definition) is 7.